The molecule has 0 saturated heterocycles. The summed E-state index contributed by atoms with van der Waals surface area (Å²) >= 11 is 0. The van der Waals surface area contributed by atoms with Crippen LogP contribution in [0.2, 0.25) is 0 Å². The lowest BCUT2D eigenvalue weighted by atomic mass is 10.9. The van der Waals surface area contributed by atoms with Gasteiger partial charge in [-0.2, -0.15) is 0 Å². The molecular formula is C5H8O3. The Morgan fingerprint density at radius 3 is 2.88 bits per heavy atom. The maximum Gasteiger partial charge on any atom is 0.331 e. The maximum absolute atomic E-state index is 9.71. The summed E-state index contributed by atoms with van der Waals surface area (Å²) in [5.74, 6) is -0.988. The van der Waals surface area contributed by atoms with E-state index < -0.39 is 5.97 Å². The van der Waals surface area contributed by atoms with E-state index >= 15 is 0 Å². The van der Waals surface area contributed by atoms with E-state index in [0.29, 0.717) is 6.61 Å². The Hall–Kier alpha value is -0.990. The van der Waals surface area contributed by atoms with Gasteiger partial charge in [0.1, 0.15) is 0 Å². The molecule has 0 amide bonds. The first-order chi connectivity index (χ1) is 3.77. The standard InChI is InChI=1S/C5H8O3/c1-2-8-4-3-5(6)7/h3-4H,2H2,1H3,(H,6,7)/i4+1,5+1. The van der Waals surface area contributed by atoms with E-state index in [0.717, 1.165) is 12.3 Å². The van der Waals surface area contributed by atoms with Crippen LogP contribution in [0.5, 0.6) is 0 Å². The van der Waals surface area contributed by atoms with Gasteiger partial charge in [-0.3, -0.25) is 0 Å². The molecule has 0 aliphatic carbocycles. The van der Waals surface area contributed by atoms with E-state index in [-0.39, 0.29) is 0 Å². The lowest BCUT2D eigenvalue weighted by Gasteiger charge is -1.87. The monoisotopic (exact) mass is 118 g/mol. The van der Waals surface area contributed by atoms with Crippen molar-refractivity contribution in [3.63, 3.8) is 0 Å². The van der Waals surface area contributed by atoms with Gasteiger partial charge in [0.15, 0.2) is 0 Å². The van der Waals surface area contributed by atoms with Crippen molar-refractivity contribution < 1.29 is 14.6 Å². The predicted molar refractivity (Wildman–Crippen MR) is 28.4 cm³/mol. The van der Waals surface area contributed by atoms with Gasteiger partial charge < -0.3 is 9.84 Å². The van der Waals surface area contributed by atoms with Crippen LogP contribution in [-0.2, 0) is 9.53 Å². The SMILES string of the molecule is CCO[13CH]=C[13C](=O)O. The normalized spacial score (nSPS) is 9.62. The van der Waals surface area contributed by atoms with Gasteiger partial charge in [0.2, 0.25) is 0 Å². The largest absolute Gasteiger partial charge is 0.501 e. The second kappa shape index (κ2) is 4.18. The topological polar surface area (TPSA) is 46.5 Å². The Kier molecular flexibility index (Phi) is 3.66. The van der Waals surface area contributed by atoms with Gasteiger partial charge >= 0.3 is 5.97 Å². The summed E-state index contributed by atoms with van der Waals surface area (Å²) in [6, 6.07) is 0. The molecule has 0 radical (unpaired) electrons. The average molecular weight is 118 g/mol. The van der Waals surface area contributed by atoms with E-state index in [9.17, 15) is 4.79 Å². The highest BCUT2D eigenvalue weighted by atomic mass is 16.5. The Morgan fingerprint density at radius 1 is 1.88 bits per heavy atom. The molecule has 0 rings (SSSR count). The van der Waals surface area contributed by atoms with E-state index in [2.05, 4.69) is 4.74 Å². The third-order valence-electron chi connectivity index (χ3n) is 0.474. The first-order valence-electron chi connectivity index (χ1n) is 2.28. The lowest BCUT2D eigenvalue weighted by molar-refractivity contribution is -0.131. The van der Waals surface area contributed by atoms with Gasteiger partial charge in [-0.15, -0.1) is 0 Å². The number of carboxylic acid groups (broad SMARTS) is 1. The minimum Gasteiger partial charge on any atom is -0.501 e. The van der Waals surface area contributed by atoms with Gasteiger partial charge in [0, 0.05) is 0 Å². The summed E-state index contributed by atoms with van der Waals surface area (Å²) in [6.07, 6.45) is 2.10. The highest BCUT2D eigenvalue weighted by Crippen LogP contribution is 1.74. The molecule has 0 aromatic rings. The number of rotatable bonds is 3. The van der Waals surface area contributed by atoms with Gasteiger partial charge in [0.25, 0.3) is 0 Å². The number of aliphatic carboxylic acids is 1. The Balaban J connectivity index is 3.20. The first kappa shape index (κ1) is 7.01. The Morgan fingerprint density at radius 2 is 2.50 bits per heavy atom. The first-order valence-corrected chi connectivity index (χ1v) is 2.28. The molecule has 0 fully saturated rings. The van der Waals surface area contributed by atoms with Gasteiger partial charge in [0.05, 0.1) is 18.9 Å². The quantitative estimate of drug-likeness (QED) is 0.335. The van der Waals surface area contributed by atoms with E-state index in [4.69, 9.17) is 5.11 Å². The van der Waals surface area contributed by atoms with Crippen LogP contribution in [0, 0.1) is 0 Å². The second-order valence-electron chi connectivity index (χ2n) is 1.10. The van der Waals surface area contributed by atoms with Crippen molar-refractivity contribution in [1.29, 1.82) is 0 Å². The zero-order valence-electron chi connectivity index (χ0n) is 4.63. The van der Waals surface area contributed by atoms with Crippen molar-refractivity contribution in [3.05, 3.63) is 12.3 Å². The summed E-state index contributed by atoms with van der Waals surface area (Å²) in [4.78, 5) is 9.71. The van der Waals surface area contributed by atoms with Crippen LogP contribution < -0.4 is 0 Å². The lowest BCUT2D eigenvalue weighted by Crippen LogP contribution is -1.87. The van der Waals surface area contributed by atoms with Crippen LogP contribution in [0.3, 0.4) is 0 Å². The highest BCUT2D eigenvalue weighted by molar-refractivity contribution is 5.79. The Labute approximate surface area is 47.6 Å². The molecule has 0 saturated carbocycles. The number of ether oxygens (including phenoxy) is 1. The molecule has 0 aliphatic rings. The van der Waals surface area contributed by atoms with Crippen molar-refractivity contribution >= 4 is 5.97 Å². The van der Waals surface area contributed by atoms with Crippen molar-refractivity contribution in [2.45, 2.75) is 6.92 Å². The molecule has 0 aliphatic heterocycles. The van der Waals surface area contributed by atoms with Crippen molar-refractivity contribution in [3.8, 4) is 0 Å². The molecule has 0 aromatic heterocycles. The molecule has 0 spiro atoms. The minimum atomic E-state index is -0.988. The fourth-order valence-corrected chi connectivity index (χ4v) is 0.203. The van der Waals surface area contributed by atoms with Crippen LogP contribution in [0.25, 0.3) is 0 Å². The Bertz CT molecular complexity index is 95.8. The summed E-state index contributed by atoms with van der Waals surface area (Å²) < 4.78 is 4.58. The zero-order valence-corrected chi connectivity index (χ0v) is 4.63. The van der Waals surface area contributed by atoms with Crippen LogP contribution in [0.1, 0.15) is 6.92 Å². The number of carbonyl (C=O) groups is 1. The average Bonchev–Trinajstić information content (AvgIpc) is 1.66. The third kappa shape index (κ3) is 5.01. The molecule has 0 atom stereocenters. The number of hydrogen-bond donors (Lipinski definition) is 1. The van der Waals surface area contributed by atoms with Crippen molar-refractivity contribution in [2.24, 2.45) is 0 Å². The van der Waals surface area contributed by atoms with Gasteiger partial charge in [-0.25, -0.2) is 4.79 Å². The zero-order chi connectivity index (χ0) is 6.41. The number of hydrogen-bond acceptors (Lipinski definition) is 2. The molecule has 0 aromatic carbocycles. The van der Waals surface area contributed by atoms with E-state index in [1.54, 1.807) is 6.92 Å². The number of carboxylic acids is 1. The summed E-state index contributed by atoms with van der Waals surface area (Å²) in [5.41, 5.74) is 0. The summed E-state index contributed by atoms with van der Waals surface area (Å²) in [7, 11) is 0. The van der Waals surface area contributed by atoms with Crippen molar-refractivity contribution in [1.82, 2.24) is 0 Å². The second-order valence-corrected chi connectivity index (χ2v) is 1.10. The van der Waals surface area contributed by atoms with Crippen molar-refractivity contribution in [2.75, 3.05) is 6.61 Å². The molecular weight excluding hydrogens is 110 g/mol. The van der Waals surface area contributed by atoms with Crippen LogP contribution >= 0.6 is 0 Å². The minimum absolute atomic E-state index is 0.504. The molecule has 3 nitrogen and oxygen atoms in total. The van der Waals surface area contributed by atoms with Gasteiger partial charge in [-0.1, -0.05) is 0 Å². The van der Waals surface area contributed by atoms with E-state index in [1.165, 1.54) is 0 Å². The fourth-order valence-electron chi connectivity index (χ4n) is 0.203. The van der Waals surface area contributed by atoms with Crippen LogP contribution in [-0.4, -0.2) is 17.7 Å². The smallest absolute Gasteiger partial charge is 0.331 e. The molecule has 1 N–H and O–H groups in total. The van der Waals surface area contributed by atoms with Gasteiger partial charge in [-0.05, 0) is 6.92 Å². The van der Waals surface area contributed by atoms with Crippen LogP contribution in [0.15, 0.2) is 12.3 Å². The fraction of sp³-hybridized carbons (Fsp3) is 0.400. The highest BCUT2D eigenvalue weighted by Gasteiger charge is 1.81. The predicted octanol–water partition coefficient (Wildman–Crippen LogP) is 0.621. The molecule has 0 unspecified atom stereocenters. The maximum atomic E-state index is 9.71. The summed E-state index contributed by atoms with van der Waals surface area (Å²) in [5, 5.41) is 7.97. The molecule has 0 bridgehead atoms. The molecule has 8 heavy (non-hydrogen) atoms. The van der Waals surface area contributed by atoms with Crippen LogP contribution in [0.4, 0.5) is 0 Å². The molecule has 46 valence electrons. The summed E-state index contributed by atoms with van der Waals surface area (Å²) in [6.45, 7) is 2.29. The molecule has 0 heterocycles. The third-order valence-corrected chi connectivity index (χ3v) is 0.474. The van der Waals surface area contributed by atoms with E-state index in [1.807, 2.05) is 0 Å². The molecule has 3 heteroatoms.